The maximum Gasteiger partial charge on any atom is 0.416 e. The van der Waals surface area contributed by atoms with Crippen molar-refractivity contribution in [3.63, 3.8) is 0 Å². The zero-order valence-corrected chi connectivity index (χ0v) is 15.5. The van der Waals surface area contributed by atoms with Crippen LogP contribution in [0.5, 0.6) is 0 Å². The molecule has 0 bridgehead atoms. The summed E-state index contributed by atoms with van der Waals surface area (Å²) in [4.78, 5) is 24.6. The van der Waals surface area contributed by atoms with Gasteiger partial charge in [-0.2, -0.15) is 13.2 Å². The van der Waals surface area contributed by atoms with Crippen molar-refractivity contribution in [1.29, 1.82) is 0 Å². The molecule has 6 nitrogen and oxygen atoms in total. The number of hydrogen-bond donors (Lipinski definition) is 1. The highest BCUT2D eigenvalue weighted by molar-refractivity contribution is 5.94. The number of nitrogens with one attached hydrogen (secondary N) is 1. The molecule has 1 fully saturated rings. The molecule has 1 saturated heterocycles. The lowest BCUT2D eigenvalue weighted by atomic mass is 9.96. The van der Waals surface area contributed by atoms with E-state index < -0.39 is 22.4 Å². The number of nitrogens with zero attached hydrogens (tertiary/aromatic N) is 2. The van der Waals surface area contributed by atoms with Gasteiger partial charge < -0.3 is 10.2 Å². The first-order chi connectivity index (χ1) is 13.8. The molecule has 0 aliphatic carbocycles. The number of nitro benzene ring substituents is 1. The monoisotopic (exact) mass is 407 g/mol. The summed E-state index contributed by atoms with van der Waals surface area (Å²) in [6.07, 6.45) is -3.22. The maximum atomic E-state index is 12.8. The van der Waals surface area contributed by atoms with Crippen molar-refractivity contribution in [1.82, 2.24) is 4.90 Å². The fraction of sp³-hybridized carbons (Fsp3) is 0.350. The van der Waals surface area contributed by atoms with Crippen LogP contribution in [0.2, 0.25) is 0 Å². The van der Waals surface area contributed by atoms with Crippen LogP contribution in [0.15, 0.2) is 48.5 Å². The van der Waals surface area contributed by atoms with Crippen molar-refractivity contribution in [2.45, 2.75) is 19.0 Å². The number of amides is 1. The number of nitro groups is 1. The van der Waals surface area contributed by atoms with Crippen LogP contribution in [-0.4, -0.2) is 35.4 Å². The van der Waals surface area contributed by atoms with Crippen LogP contribution >= 0.6 is 0 Å². The number of alkyl halides is 3. The largest absolute Gasteiger partial charge is 0.416 e. The average molecular weight is 407 g/mol. The van der Waals surface area contributed by atoms with Crippen LogP contribution in [-0.2, 0) is 6.18 Å². The maximum absolute atomic E-state index is 12.8. The van der Waals surface area contributed by atoms with Crippen LogP contribution in [0.3, 0.4) is 0 Å². The summed E-state index contributed by atoms with van der Waals surface area (Å²) in [7, 11) is 0. The molecule has 0 unspecified atom stereocenters. The molecule has 1 amide bonds. The highest BCUT2D eigenvalue weighted by Crippen LogP contribution is 2.35. The number of likely N-dealkylation sites (tertiary alicyclic amines) is 1. The van der Waals surface area contributed by atoms with Crippen molar-refractivity contribution in [3.05, 3.63) is 69.8 Å². The summed E-state index contributed by atoms with van der Waals surface area (Å²) < 4.78 is 38.4. The number of benzene rings is 2. The van der Waals surface area contributed by atoms with E-state index in [1.54, 1.807) is 29.2 Å². The highest BCUT2D eigenvalue weighted by Gasteiger charge is 2.33. The summed E-state index contributed by atoms with van der Waals surface area (Å²) >= 11 is 0. The Balaban J connectivity index is 1.58. The van der Waals surface area contributed by atoms with Gasteiger partial charge in [-0.3, -0.25) is 14.9 Å². The third-order valence-electron chi connectivity index (χ3n) is 5.03. The van der Waals surface area contributed by atoms with Gasteiger partial charge in [-0.05, 0) is 43.0 Å². The fourth-order valence-corrected chi connectivity index (χ4v) is 3.37. The Morgan fingerprint density at radius 3 is 2.38 bits per heavy atom. The first-order valence-electron chi connectivity index (χ1n) is 9.19. The van der Waals surface area contributed by atoms with E-state index in [4.69, 9.17) is 0 Å². The standard InChI is InChI=1S/C20H20F3N3O3/c21-20(22,23)16-6-7-17(18(12-16)26(28)29)24-13-14-8-10-25(11-9-14)19(27)15-4-2-1-3-5-15/h1-7,12,14,24H,8-11,13H2. The molecule has 9 heteroatoms. The minimum Gasteiger partial charge on any atom is -0.379 e. The zero-order valence-electron chi connectivity index (χ0n) is 15.5. The Morgan fingerprint density at radius 1 is 1.14 bits per heavy atom. The van der Waals surface area contributed by atoms with Gasteiger partial charge in [-0.1, -0.05) is 18.2 Å². The topological polar surface area (TPSA) is 75.5 Å². The molecule has 1 N–H and O–H groups in total. The Bertz CT molecular complexity index is 880. The molecule has 29 heavy (non-hydrogen) atoms. The number of hydrogen-bond acceptors (Lipinski definition) is 4. The Morgan fingerprint density at radius 2 is 1.79 bits per heavy atom. The number of anilines is 1. The molecular weight excluding hydrogens is 387 g/mol. The van der Waals surface area contributed by atoms with E-state index in [0.717, 1.165) is 12.1 Å². The Labute approximate surface area is 165 Å². The summed E-state index contributed by atoms with van der Waals surface area (Å²) in [5.41, 5.74) is -0.964. The van der Waals surface area contributed by atoms with Crippen LogP contribution in [0, 0.1) is 16.0 Å². The minimum atomic E-state index is -4.64. The van der Waals surface area contributed by atoms with Gasteiger partial charge in [0.05, 0.1) is 10.5 Å². The van der Waals surface area contributed by atoms with Crippen LogP contribution in [0.4, 0.5) is 24.5 Å². The first kappa shape index (κ1) is 20.6. The molecule has 0 radical (unpaired) electrons. The highest BCUT2D eigenvalue weighted by atomic mass is 19.4. The van der Waals surface area contributed by atoms with Gasteiger partial charge in [0, 0.05) is 31.3 Å². The normalized spacial score (nSPS) is 15.2. The second kappa shape index (κ2) is 8.50. The van der Waals surface area contributed by atoms with Crippen molar-refractivity contribution < 1.29 is 22.9 Å². The van der Waals surface area contributed by atoms with Crippen molar-refractivity contribution in [2.75, 3.05) is 25.0 Å². The van der Waals surface area contributed by atoms with Gasteiger partial charge in [-0.15, -0.1) is 0 Å². The van der Waals surface area contributed by atoms with Gasteiger partial charge in [0.15, 0.2) is 0 Å². The summed E-state index contributed by atoms with van der Waals surface area (Å²) in [6, 6.07) is 11.4. The van der Waals surface area contributed by atoms with Gasteiger partial charge in [-0.25, -0.2) is 0 Å². The molecule has 1 heterocycles. The smallest absolute Gasteiger partial charge is 0.379 e. The average Bonchev–Trinajstić information content (AvgIpc) is 2.72. The zero-order chi connectivity index (χ0) is 21.0. The Hall–Kier alpha value is -3.10. The lowest BCUT2D eigenvalue weighted by molar-refractivity contribution is -0.384. The molecule has 1 aliphatic heterocycles. The predicted molar refractivity (Wildman–Crippen MR) is 102 cm³/mol. The van der Waals surface area contributed by atoms with Gasteiger partial charge in [0.2, 0.25) is 0 Å². The van der Waals surface area contributed by atoms with Crippen molar-refractivity contribution in [3.8, 4) is 0 Å². The van der Waals surface area contributed by atoms with Crippen LogP contribution in [0.25, 0.3) is 0 Å². The van der Waals surface area contributed by atoms with Crippen molar-refractivity contribution in [2.24, 2.45) is 5.92 Å². The molecule has 2 aromatic rings. The predicted octanol–water partition coefficient (Wildman–Crippen LogP) is 4.58. The summed E-state index contributed by atoms with van der Waals surface area (Å²) in [6.45, 7) is 1.52. The molecule has 0 atom stereocenters. The molecule has 0 aromatic heterocycles. The van der Waals surface area contributed by atoms with E-state index in [1.807, 2.05) is 6.07 Å². The molecule has 1 aliphatic rings. The second-order valence-electron chi connectivity index (χ2n) is 6.97. The number of halogens is 3. The van der Waals surface area contributed by atoms with E-state index in [0.29, 0.717) is 44.1 Å². The van der Waals surface area contributed by atoms with E-state index in [1.165, 1.54) is 0 Å². The Kier molecular flexibility index (Phi) is 6.05. The molecule has 3 rings (SSSR count). The SMILES string of the molecule is O=C(c1ccccc1)N1CCC(CNc2ccc(C(F)(F)F)cc2[N+](=O)[O-])CC1. The van der Waals surface area contributed by atoms with Gasteiger partial charge in [0.25, 0.3) is 11.6 Å². The van der Waals surface area contributed by atoms with E-state index in [2.05, 4.69) is 5.32 Å². The number of carbonyl (C=O) groups is 1. The summed E-state index contributed by atoms with van der Waals surface area (Å²) in [5.74, 6) is 0.132. The lowest BCUT2D eigenvalue weighted by Crippen LogP contribution is -2.39. The quantitative estimate of drug-likeness (QED) is 0.582. The fourth-order valence-electron chi connectivity index (χ4n) is 3.37. The van der Waals surface area contributed by atoms with E-state index in [9.17, 15) is 28.1 Å². The number of rotatable bonds is 5. The number of piperidine rings is 1. The molecule has 0 spiro atoms. The van der Waals surface area contributed by atoms with Crippen molar-refractivity contribution >= 4 is 17.3 Å². The van der Waals surface area contributed by atoms with Crippen LogP contribution in [0.1, 0.15) is 28.8 Å². The lowest BCUT2D eigenvalue weighted by Gasteiger charge is -2.32. The van der Waals surface area contributed by atoms with Gasteiger partial charge >= 0.3 is 6.18 Å². The summed E-state index contributed by atoms with van der Waals surface area (Å²) in [5, 5.41) is 14.1. The molecular formula is C20H20F3N3O3. The second-order valence-corrected chi connectivity index (χ2v) is 6.97. The third-order valence-corrected chi connectivity index (χ3v) is 5.03. The van der Waals surface area contributed by atoms with E-state index in [-0.39, 0.29) is 17.5 Å². The minimum absolute atomic E-state index is 0.0320. The molecule has 2 aromatic carbocycles. The molecule has 0 saturated carbocycles. The third kappa shape index (κ3) is 5.04. The van der Waals surface area contributed by atoms with Gasteiger partial charge in [0.1, 0.15) is 5.69 Å². The van der Waals surface area contributed by atoms with Crippen LogP contribution < -0.4 is 5.32 Å². The first-order valence-corrected chi connectivity index (χ1v) is 9.19. The number of carbonyl (C=O) groups excluding carboxylic acids is 1. The molecule has 154 valence electrons. The van der Waals surface area contributed by atoms with E-state index >= 15 is 0 Å².